The molecule has 0 atom stereocenters. The van der Waals surface area contributed by atoms with Crippen molar-refractivity contribution in [2.45, 2.75) is 45.6 Å². The molecule has 0 amide bonds. The summed E-state index contributed by atoms with van der Waals surface area (Å²) in [6.45, 7) is 3.32. The number of aromatic nitrogens is 1. The Labute approximate surface area is 165 Å². The highest BCUT2D eigenvalue weighted by Crippen LogP contribution is 2.34. The molecule has 1 aromatic carbocycles. The van der Waals surface area contributed by atoms with Gasteiger partial charge in [0.15, 0.2) is 17.3 Å². The lowest BCUT2D eigenvalue weighted by molar-refractivity contribution is -0.113. The monoisotopic (exact) mass is 381 g/mol. The van der Waals surface area contributed by atoms with E-state index in [2.05, 4.69) is 6.92 Å². The largest absolute Gasteiger partial charge is 0.493 e. The number of ketones is 1. The number of carbonyl (C=O) groups excluding carboxylic acids is 1. The quantitative estimate of drug-likeness (QED) is 0.603. The van der Waals surface area contributed by atoms with Crippen LogP contribution in [-0.2, 0) is 11.3 Å². The van der Waals surface area contributed by atoms with Crippen molar-refractivity contribution in [1.82, 2.24) is 4.57 Å². The van der Waals surface area contributed by atoms with Gasteiger partial charge in [0.05, 0.1) is 19.1 Å². The van der Waals surface area contributed by atoms with Crippen LogP contribution in [0.15, 0.2) is 53.0 Å². The van der Waals surface area contributed by atoms with E-state index in [-0.39, 0.29) is 11.3 Å². The van der Waals surface area contributed by atoms with Crippen molar-refractivity contribution >= 4 is 16.6 Å². The summed E-state index contributed by atoms with van der Waals surface area (Å²) in [5.74, 6) is 1.40. The maximum absolute atomic E-state index is 13.0. The summed E-state index contributed by atoms with van der Waals surface area (Å²) >= 11 is 0. The van der Waals surface area contributed by atoms with Crippen LogP contribution in [0.25, 0.3) is 10.8 Å². The third-order valence-electron chi connectivity index (χ3n) is 4.98. The highest BCUT2D eigenvalue weighted by Gasteiger charge is 2.13. The van der Waals surface area contributed by atoms with Crippen molar-refractivity contribution in [3.05, 3.63) is 58.6 Å². The van der Waals surface area contributed by atoms with E-state index in [9.17, 15) is 9.59 Å². The fourth-order valence-corrected chi connectivity index (χ4v) is 3.33. The summed E-state index contributed by atoms with van der Waals surface area (Å²) in [6.07, 6.45) is 11.5. The molecule has 0 bridgehead atoms. The molecule has 148 valence electrons. The Morgan fingerprint density at radius 2 is 1.93 bits per heavy atom. The highest BCUT2D eigenvalue weighted by atomic mass is 16.5. The van der Waals surface area contributed by atoms with E-state index in [4.69, 9.17) is 9.47 Å². The lowest BCUT2D eigenvalue weighted by Crippen LogP contribution is -2.20. The van der Waals surface area contributed by atoms with Crippen molar-refractivity contribution in [1.29, 1.82) is 0 Å². The predicted molar refractivity (Wildman–Crippen MR) is 111 cm³/mol. The number of rotatable bonds is 9. The van der Waals surface area contributed by atoms with E-state index < -0.39 is 0 Å². The number of allylic oxidation sites excluding steroid dienone is 4. The van der Waals surface area contributed by atoms with Gasteiger partial charge in [-0.1, -0.05) is 31.9 Å². The van der Waals surface area contributed by atoms with E-state index in [0.717, 1.165) is 30.2 Å². The SMILES string of the molecule is CCCCCOc1c(OC)ccc2c(=O)n(CCC3=CCC(=O)C=C3)ccc12. The molecule has 1 aliphatic rings. The number of methoxy groups -OCH3 is 1. The smallest absolute Gasteiger partial charge is 0.258 e. The maximum Gasteiger partial charge on any atom is 0.258 e. The Balaban J connectivity index is 1.83. The van der Waals surface area contributed by atoms with Crippen molar-refractivity contribution in [3.8, 4) is 11.5 Å². The first-order valence-electron chi connectivity index (χ1n) is 9.87. The Bertz CT molecular complexity index is 968. The fourth-order valence-electron chi connectivity index (χ4n) is 3.33. The normalized spacial score (nSPS) is 13.6. The lowest BCUT2D eigenvalue weighted by atomic mass is 10.0. The Kier molecular flexibility index (Phi) is 6.69. The van der Waals surface area contributed by atoms with Crippen LogP contribution in [0, 0.1) is 0 Å². The minimum atomic E-state index is -0.0463. The molecule has 0 radical (unpaired) electrons. The zero-order valence-corrected chi connectivity index (χ0v) is 16.6. The second-order valence-corrected chi connectivity index (χ2v) is 6.96. The van der Waals surface area contributed by atoms with Gasteiger partial charge in [0.1, 0.15) is 0 Å². The Morgan fingerprint density at radius 1 is 1.07 bits per heavy atom. The summed E-state index contributed by atoms with van der Waals surface area (Å²) < 4.78 is 13.1. The van der Waals surface area contributed by atoms with Crippen molar-refractivity contribution in [2.24, 2.45) is 0 Å². The molecular formula is C23H27NO4. The predicted octanol–water partition coefficient (Wildman–Crippen LogP) is 4.42. The maximum atomic E-state index is 13.0. The third-order valence-corrected chi connectivity index (χ3v) is 4.98. The number of carbonyl (C=O) groups is 1. The average molecular weight is 381 g/mol. The zero-order valence-electron chi connectivity index (χ0n) is 16.6. The summed E-state index contributed by atoms with van der Waals surface area (Å²) in [5.41, 5.74) is 1.04. The minimum Gasteiger partial charge on any atom is -0.493 e. The van der Waals surface area contributed by atoms with E-state index >= 15 is 0 Å². The third kappa shape index (κ3) is 4.53. The van der Waals surface area contributed by atoms with Crippen LogP contribution in [0.5, 0.6) is 11.5 Å². The van der Waals surface area contributed by atoms with Gasteiger partial charge in [0.2, 0.25) is 0 Å². The van der Waals surface area contributed by atoms with Crippen LogP contribution in [0.3, 0.4) is 0 Å². The Morgan fingerprint density at radius 3 is 2.64 bits per heavy atom. The molecule has 28 heavy (non-hydrogen) atoms. The molecule has 0 spiro atoms. The minimum absolute atomic E-state index is 0.0463. The first-order chi connectivity index (χ1) is 13.6. The van der Waals surface area contributed by atoms with Gasteiger partial charge in [-0.2, -0.15) is 0 Å². The zero-order chi connectivity index (χ0) is 19.9. The number of hydrogen-bond acceptors (Lipinski definition) is 4. The summed E-state index contributed by atoms with van der Waals surface area (Å²) in [7, 11) is 1.61. The van der Waals surface area contributed by atoms with Crippen molar-refractivity contribution < 1.29 is 14.3 Å². The molecule has 0 aliphatic heterocycles. The van der Waals surface area contributed by atoms with Crippen LogP contribution in [0.2, 0.25) is 0 Å². The number of benzene rings is 1. The number of pyridine rings is 1. The van der Waals surface area contributed by atoms with E-state index in [0.29, 0.717) is 42.9 Å². The first kappa shape index (κ1) is 19.9. The number of hydrogen-bond donors (Lipinski definition) is 0. The van der Waals surface area contributed by atoms with Crippen LogP contribution in [0.1, 0.15) is 39.0 Å². The molecule has 1 aromatic heterocycles. The van der Waals surface area contributed by atoms with Crippen LogP contribution in [-0.4, -0.2) is 24.1 Å². The number of fused-ring (bicyclic) bond motifs is 1. The van der Waals surface area contributed by atoms with E-state index in [1.807, 2.05) is 18.2 Å². The van der Waals surface area contributed by atoms with Gasteiger partial charge in [0, 0.05) is 24.5 Å². The average Bonchev–Trinajstić information content (AvgIpc) is 2.72. The van der Waals surface area contributed by atoms with Gasteiger partial charge in [-0.3, -0.25) is 9.59 Å². The molecule has 3 rings (SSSR count). The van der Waals surface area contributed by atoms with Gasteiger partial charge < -0.3 is 14.0 Å². The van der Waals surface area contributed by atoms with Crippen LogP contribution in [0.4, 0.5) is 0 Å². The molecule has 1 aliphatic carbocycles. The molecule has 0 saturated carbocycles. The summed E-state index contributed by atoms with van der Waals surface area (Å²) in [6, 6.07) is 5.51. The second kappa shape index (κ2) is 9.40. The molecule has 2 aromatic rings. The van der Waals surface area contributed by atoms with Crippen LogP contribution < -0.4 is 15.0 Å². The van der Waals surface area contributed by atoms with Crippen molar-refractivity contribution in [2.75, 3.05) is 13.7 Å². The van der Waals surface area contributed by atoms with Crippen molar-refractivity contribution in [3.63, 3.8) is 0 Å². The highest BCUT2D eigenvalue weighted by molar-refractivity contribution is 5.92. The molecule has 1 heterocycles. The van der Waals surface area contributed by atoms with Gasteiger partial charge in [-0.15, -0.1) is 0 Å². The standard InChI is InChI=1S/C23H27NO4/c1-3-4-5-16-28-22-19-13-15-24(14-12-17-6-8-18(25)9-7-17)23(26)20(19)10-11-21(22)27-2/h6-8,10-11,13,15H,3-5,9,12,14,16H2,1-2H3. The van der Waals surface area contributed by atoms with E-state index in [1.165, 1.54) is 0 Å². The van der Waals surface area contributed by atoms with Gasteiger partial charge in [-0.05, 0) is 42.7 Å². The summed E-state index contributed by atoms with van der Waals surface area (Å²) in [4.78, 5) is 24.2. The topological polar surface area (TPSA) is 57.5 Å². The number of aryl methyl sites for hydroxylation is 1. The fraction of sp³-hybridized carbons (Fsp3) is 0.391. The first-order valence-corrected chi connectivity index (χ1v) is 9.87. The molecule has 0 unspecified atom stereocenters. The van der Waals surface area contributed by atoms with E-state index in [1.54, 1.807) is 36.1 Å². The summed E-state index contributed by atoms with van der Waals surface area (Å²) in [5, 5.41) is 1.40. The molecule has 0 fully saturated rings. The second-order valence-electron chi connectivity index (χ2n) is 6.96. The molecule has 5 heteroatoms. The Hall–Kier alpha value is -2.82. The molecule has 0 N–H and O–H groups in total. The lowest BCUT2D eigenvalue weighted by Gasteiger charge is -2.15. The molecule has 0 saturated heterocycles. The number of nitrogens with zero attached hydrogens (tertiary/aromatic N) is 1. The number of ether oxygens (including phenoxy) is 2. The van der Waals surface area contributed by atoms with Gasteiger partial charge in [-0.25, -0.2) is 0 Å². The molecular weight excluding hydrogens is 354 g/mol. The van der Waals surface area contributed by atoms with Crippen LogP contribution >= 0.6 is 0 Å². The number of unbranched alkanes of at least 4 members (excludes halogenated alkanes) is 2. The van der Waals surface area contributed by atoms with Gasteiger partial charge >= 0.3 is 0 Å². The van der Waals surface area contributed by atoms with Gasteiger partial charge in [0.25, 0.3) is 5.56 Å². The molecule has 5 nitrogen and oxygen atoms in total.